The Balaban J connectivity index is 1.53. The number of carbonyl (C=O) groups excluding carboxylic acids is 1. The van der Waals surface area contributed by atoms with Crippen LogP contribution in [-0.2, 0) is 13.0 Å². The molecule has 0 aromatic carbocycles. The van der Waals surface area contributed by atoms with E-state index in [0.29, 0.717) is 25.5 Å². The SMILES string of the molecule is CC(C)c1cc(C(=O)N2CCCC(c3nc4c(c(=O)[nH]3)CN(C)CC4)C2)on1. The summed E-state index contributed by atoms with van der Waals surface area (Å²) in [6.07, 6.45) is 2.55. The summed E-state index contributed by atoms with van der Waals surface area (Å²) >= 11 is 0. The van der Waals surface area contributed by atoms with Crippen LogP contribution in [0.5, 0.6) is 0 Å². The smallest absolute Gasteiger partial charge is 0.292 e. The predicted octanol–water partition coefficient (Wildman–Crippen LogP) is 1.89. The van der Waals surface area contributed by atoms with Gasteiger partial charge in [-0.25, -0.2) is 4.98 Å². The van der Waals surface area contributed by atoms with E-state index in [4.69, 9.17) is 9.51 Å². The highest BCUT2D eigenvalue weighted by Crippen LogP contribution is 2.26. The molecular formula is C20H27N5O3. The van der Waals surface area contributed by atoms with Gasteiger partial charge in [-0.3, -0.25) is 9.59 Å². The van der Waals surface area contributed by atoms with Crippen molar-refractivity contribution in [3.63, 3.8) is 0 Å². The summed E-state index contributed by atoms with van der Waals surface area (Å²) in [5.74, 6) is 1.07. The molecule has 1 saturated heterocycles. The molecule has 2 aromatic heterocycles. The number of rotatable bonds is 3. The molecule has 2 aliphatic heterocycles. The molecule has 0 bridgehead atoms. The van der Waals surface area contributed by atoms with Gasteiger partial charge < -0.3 is 19.3 Å². The van der Waals surface area contributed by atoms with Crippen LogP contribution in [0, 0.1) is 0 Å². The average molecular weight is 385 g/mol. The lowest BCUT2D eigenvalue weighted by atomic mass is 9.96. The Morgan fingerprint density at radius 3 is 2.93 bits per heavy atom. The Hall–Kier alpha value is -2.48. The number of amides is 1. The molecule has 1 atom stereocenters. The zero-order valence-corrected chi connectivity index (χ0v) is 16.7. The Labute approximate surface area is 163 Å². The third-order valence-corrected chi connectivity index (χ3v) is 5.70. The molecule has 150 valence electrons. The second-order valence-corrected chi connectivity index (χ2v) is 8.23. The van der Waals surface area contributed by atoms with Gasteiger partial charge in [0.2, 0.25) is 5.76 Å². The minimum atomic E-state index is -0.147. The van der Waals surface area contributed by atoms with Crippen LogP contribution in [0.1, 0.15) is 71.9 Å². The van der Waals surface area contributed by atoms with Crippen LogP contribution in [-0.4, -0.2) is 57.5 Å². The normalized spacial score (nSPS) is 20.4. The molecule has 1 N–H and O–H groups in total. The largest absolute Gasteiger partial charge is 0.351 e. The number of hydrogen-bond donors (Lipinski definition) is 1. The topological polar surface area (TPSA) is 95.3 Å². The summed E-state index contributed by atoms with van der Waals surface area (Å²) in [6, 6.07) is 1.73. The van der Waals surface area contributed by atoms with Crippen molar-refractivity contribution < 1.29 is 9.32 Å². The fourth-order valence-corrected chi connectivity index (χ4v) is 3.97. The molecule has 2 aromatic rings. The molecule has 4 heterocycles. The van der Waals surface area contributed by atoms with Crippen LogP contribution in [0.15, 0.2) is 15.4 Å². The van der Waals surface area contributed by atoms with Crippen LogP contribution < -0.4 is 5.56 Å². The molecular weight excluding hydrogens is 358 g/mol. The number of nitrogens with one attached hydrogen (secondary N) is 1. The summed E-state index contributed by atoms with van der Waals surface area (Å²) in [7, 11) is 2.01. The zero-order chi connectivity index (χ0) is 19.8. The third-order valence-electron chi connectivity index (χ3n) is 5.70. The molecule has 0 spiro atoms. The van der Waals surface area contributed by atoms with Crippen molar-refractivity contribution >= 4 is 5.91 Å². The molecule has 1 unspecified atom stereocenters. The maximum atomic E-state index is 12.8. The lowest BCUT2D eigenvalue weighted by molar-refractivity contribution is 0.0662. The van der Waals surface area contributed by atoms with Crippen molar-refractivity contribution in [2.24, 2.45) is 0 Å². The monoisotopic (exact) mass is 385 g/mol. The number of aromatic amines is 1. The van der Waals surface area contributed by atoms with E-state index in [9.17, 15) is 9.59 Å². The van der Waals surface area contributed by atoms with E-state index in [1.807, 2.05) is 20.9 Å². The number of fused-ring (bicyclic) bond motifs is 1. The molecule has 4 rings (SSSR count). The van der Waals surface area contributed by atoms with Gasteiger partial charge in [0.05, 0.1) is 17.0 Å². The van der Waals surface area contributed by atoms with Crippen LogP contribution >= 0.6 is 0 Å². The van der Waals surface area contributed by atoms with Crippen molar-refractivity contribution in [1.82, 2.24) is 24.9 Å². The molecule has 0 saturated carbocycles. The first-order valence-electron chi connectivity index (χ1n) is 9.98. The number of piperidine rings is 1. The number of nitrogens with zero attached hydrogens (tertiary/aromatic N) is 4. The molecule has 28 heavy (non-hydrogen) atoms. The van der Waals surface area contributed by atoms with Gasteiger partial charge in [0, 0.05) is 44.6 Å². The highest BCUT2D eigenvalue weighted by atomic mass is 16.5. The van der Waals surface area contributed by atoms with E-state index >= 15 is 0 Å². The molecule has 8 nitrogen and oxygen atoms in total. The average Bonchev–Trinajstić information content (AvgIpc) is 3.18. The van der Waals surface area contributed by atoms with Crippen molar-refractivity contribution in [2.75, 3.05) is 26.7 Å². The Morgan fingerprint density at radius 1 is 1.36 bits per heavy atom. The first-order valence-corrected chi connectivity index (χ1v) is 9.98. The van der Waals surface area contributed by atoms with Crippen LogP contribution in [0.4, 0.5) is 0 Å². The van der Waals surface area contributed by atoms with E-state index < -0.39 is 0 Å². The minimum Gasteiger partial charge on any atom is -0.351 e. The molecule has 0 aliphatic carbocycles. The maximum Gasteiger partial charge on any atom is 0.292 e. The van der Waals surface area contributed by atoms with E-state index in [1.165, 1.54) is 0 Å². The number of likely N-dealkylation sites (N-methyl/N-ethyl adjacent to an activating group) is 1. The van der Waals surface area contributed by atoms with Gasteiger partial charge in [-0.2, -0.15) is 0 Å². The van der Waals surface area contributed by atoms with Gasteiger partial charge in [0.25, 0.3) is 11.5 Å². The van der Waals surface area contributed by atoms with E-state index in [1.54, 1.807) is 11.0 Å². The summed E-state index contributed by atoms with van der Waals surface area (Å²) in [5.41, 5.74) is 2.40. The van der Waals surface area contributed by atoms with Crippen molar-refractivity contribution in [1.29, 1.82) is 0 Å². The fourth-order valence-electron chi connectivity index (χ4n) is 3.97. The summed E-state index contributed by atoms with van der Waals surface area (Å²) in [5, 5.41) is 3.99. The van der Waals surface area contributed by atoms with Crippen LogP contribution in [0.3, 0.4) is 0 Å². The number of H-pyrrole nitrogens is 1. The van der Waals surface area contributed by atoms with Crippen molar-refractivity contribution in [3.05, 3.63) is 45.0 Å². The zero-order valence-electron chi connectivity index (χ0n) is 16.7. The van der Waals surface area contributed by atoms with Gasteiger partial charge in [-0.05, 0) is 25.8 Å². The summed E-state index contributed by atoms with van der Waals surface area (Å²) in [4.78, 5) is 37.1. The lowest BCUT2D eigenvalue weighted by Gasteiger charge is -2.32. The Morgan fingerprint density at radius 2 is 2.18 bits per heavy atom. The van der Waals surface area contributed by atoms with E-state index in [-0.39, 0.29) is 29.1 Å². The van der Waals surface area contributed by atoms with Gasteiger partial charge in [0.1, 0.15) is 5.82 Å². The van der Waals surface area contributed by atoms with Gasteiger partial charge in [-0.15, -0.1) is 0 Å². The first kappa shape index (κ1) is 18.9. The van der Waals surface area contributed by atoms with Gasteiger partial charge >= 0.3 is 0 Å². The predicted molar refractivity (Wildman–Crippen MR) is 103 cm³/mol. The Bertz CT molecular complexity index is 932. The number of hydrogen-bond acceptors (Lipinski definition) is 6. The summed E-state index contributed by atoms with van der Waals surface area (Å²) < 4.78 is 5.27. The van der Waals surface area contributed by atoms with Crippen molar-refractivity contribution in [2.45, 2.75) is 51.5 Å². The number of carbonyl (C=O) groups is 1. The number of likely N-dealkylation sites (tertiary alicyclic amines) is 1. The van der Waals surface area contributed by atoms with Crippen LogP contribution in [0.2, 0.25) is 0 Å². The van der Waals surface area contributed by atoms with Gasteiger partial charge in [0.15, 0.2) is 0 Å². The lowest BCUT2D eigenvalue weighted by Crippen LogP contribution is -2.40. The summed E-state index contributed by atoms with van der Waals surface area (Å²) in [6.45, 7) is 6.77. The third kappa shape index (κ3) is 3.61. The molecule has 1 fully saturated rings. The molecule has 0 radical (unpaired) electrons. The standard InChI is InChI=1S/C20H27N5O3/c1-12(2)16-9-17(28-23-16)20(27)25-7-4-5-13(10-25)18-21-15-6-8-24(3)11-14(15)19(26)22-18/h9,12-13H,4-8,10-11H2,1-3H3,(H,21,22,26). The van der Waals surface area contributed by atoms with E-state index in [0.717, 1.165) is 42.8 Å². The Kier molecular flexibility index (Phi) is 5.05. The highest BCUT2D eigenvalue weighted by Gasteiger charge is 2.30. The van der Waals surface area contributed by atoms with Crippen LogP contribution in [0.25, 0.3) is 0 Å². The number of aromatic nitrogens is 3. The minimum absolute atomic E-state index is 0.0304. The van der Waals surface area contributed by atoms with Gasteiger partial charge in [-0.1, -0.05) is 19.0 Å². The molecule has 1 amide bonds. The maximum absolute atomic E-state index is 12.8. The molecule has 2 aliphatic rings. The highest BCUT2D eigenvalue weighted by molar-refractivity contribution is 5.91. The second kappa shape index (κ2) is 7.50. The first-order chi connectivity index (χ1) is 13.4. The second-order valence-electron chi connectivity index (χ2n) is 8.23. The van der Waals surface area contributed by atoms with E-state index in [2.05, 4.69) is 15.0 Å². The molecule has 8 heteroatoms. The van der Waals surface area contributed by atoms with Crippen molar-refractivity contribution in [3.8, 4) is 0 Å². The quantitative estimate of drug-likeness (QED) is 0.867. The fraction of sp³-hybridized carbons (Fsp3) is 0.600.